The fourth-order valence-electron chi connectivity index (χ4n) is 2.73. The molecule has 1 aromatic carbocycles. The molecule has 1 saturated heterocycles. The maximum atomic E-state index is 12.2. The summed E-state index contributed by atoms with van der Waals surface area (Å²) in [5, 5.41) is 8.35. The number of anilines is 2. The van der Waals surface area contributed by atoms with Crippen LogP contribution < -0.4 is 21.7 Å². The van der Waals surface area contributed by atoms with Gasteiger partial charge >= 0.3 is 6.03 Å². The Morgan fingerprint density at radius 1 is 1.23 bits per heavy atom. The highest BCUT2D eigenvalue weighted by molar-refractivity contribution is 5.98. The van der Waals surface area contributed by atoms with Crippen LogP contribution in [0, 0.1) is 0 Å². The highest BCUT2D eigenvalue weighted by Gasteiger charge is 2.27. The number of rotatable bonds is 7. The van der Waals surface area contributed by atoms with Crippen molar-refractivity contribution >= 4 is 35.7 Å². The summed E-state index contributed by atoms with van der Waals surface area (Å²) in [7, 11) is 0. The van der Waals surface area contributed by atoms with Gasteiger partial charge in [-0.1, -0.05) is 13.3 Å². The Kier molecular flexibility index (Phi) is 8.84. The summed E-state index contributed by atoms with van der Waals surface area (Å²) >= 11 is 0. The van der Waals surface area contributed by atoms with Crippen molar-refractivity contribution in [1.29, 1.82) is 0 Å². The molecule has 8 heteroatoms. The Bertz CT molecular complexity index is 587. The first-order valence-corrected chi connectivity index (χ1v) is 8.77. The lowest BCUT2D eigenvalue weighted by Gasteiger charge is -2.22. The molecule has 2 atom stereocenters. The molecule has 0 spiro atoms. The van der Waals surface area contributed by atoms with Gasteiger partial charge in [0.25, 0.3) is 0 Å². The van der Waals surface area contributed by atoms with Crippen LogP contribution in [0.4, 0.5) is 16.2 Å². The fraction of sp³-hybridized carbons (Fsp3) is 0.556. The molecule has 2 rings (SSSR count). The third kappa shape index (κ3) is 6.82. The zero-order valence-electron chi connectivity index (χ0n) is 15.3. The maximum absolute atomic E-state index is 12.2. The van der Waals surface area contributed by atoms with Crippen molar-refractivity contribution in [1.82, 2.24) is 5.32 Å². The number of nitrogens with two attached hydrogens (primary N) is 1. The van der Waals surface area contributed by atoms with Crippen LogP contribution in [0.25, 0.3) is 0 Å². The number of hydrogen-bond donors (Lipinski definition) is 4. The molecular weight excluding hydrogens is 356 g/mol. The summed E-state index contributed by atoms with van der Waals surface area (Å²) in [5.74, 6) is -0.218. The van der Waals surface area contributed by atoms with Crippen LogP contribution in [0.1, 0.15) is 39.5 Å². The monoisotopic (exact) mass is 384 g/mol. The molecule has 1 heterocycles. The second kappa shape index (κ2) is 10.4. The minimum absolute atomic E-state index is 0. The third-order valence-electron chi connectivity index (χ3n) is 4.20. The van der Waals surface area contributed by atoms with E-state index in [4.69, 9.17) is 10.5 Å². The Labute approximate surface area is 160 Å². The van der Waals surface area contributed by atoms with Gasteiger partial charge in [0.1, 0.15) is 0 Å². The Morgan fingerprint density at radius 2 is 1.85 bits per heavy atom. The average molecular weight is 385 g/mol. The zero-order chi connectivity index (χ0) is 18.3. The van der Waals surface area contributed by atoms with Gasteiger partial charge in [-0.3, -0.25) is 4.79 Å². The standard InChI is InChI=1S/C18H28N4O3.ClH/c1-3-10-18(2,19)16(23)21-13-6-8-14(9-7-13)22-17(24)20-12-15-5-4-11-25-15;/h6-9,15H,3-5,10-12,19H2,1-2H3,(H,21,23)(H2,20,22,24);1H. The molecule has 1 aliphatic heterocycles. The van der Waals surface area contributed by atoms with Crippen LogP contribution in [0.3, 0.4) is 0 Å². The van der Waals surface area contributed by atoms with Crippen molar-refractivity contribution in [2.24, 2.45) is 5.73 Å². The van der Waals surface area contributed by atoms with E-state index >= 15 is 0 Å². The van der Waals surface area contributed by atoms with Gasteiger partial charge in [-0.15, -0.1) is 12.4 Å². The molecule has 1 fully saturated rings. The molecule has 3 amide bonds. The number of carbonyl (C=O) groups excluding carboxylic acids is 2. The predicted molar refractivity (Wildman–Crippen MR) is 106 cm³/mol. The van der Waals surface area contributed by atoms with Gasteiger partial charge in [0, 0.05) is 24.5 Å². The second-order valence-electron chi connectivity index (χ2n) is 6.67. The van der Waals surface area contributed by atoms with E-state index in [0.717, 1.165) is 25.9 Å². The minimum atomic E-state index is -0.895. The van der Waals surface area contributed by atoms with Crippen LogP contribution >= 0.6 is 12.4 Å². The number of benzene rings is 1. The quantitative estimate of drug-likeness (QED) is 0.580. The molecule has 146 valence electrons. The topological polar surface area (TPSA) is 105 Å². The normalized spacial score (nSPS) is 18.3. The van der Waals surface area contributed by atoms with Crippen molar-refractivity contribution < 1.29 is 14.3 Å². The van der Waals surface area contributed by atoms with Crippen LogP contribution in [0.15, 0.2) is 24.3 Å². The smallest absolute Gasteiger partial charge is 0.319 e. The summed E-state index contributed by atoms with van der Waals surface area (Å²) in [6.07, 6.45) is 3.58. The fourth-order valence-corrected chi connectivity index (χ4v) is 2.73. The first kappa shape index (κ1) is 22.2. The van der Waals surface area contributed by atoms with Gasteiger partial charge < -0.3 is 26.4 Å². The number of carbonyl (C=O) groups is 2. The van der Waals surface area contributed by atoms with Gasteiger partial charge in [0.05, 0.1) is 11.6 Å². The number of urea groups is 1. The first-order chi connectivity index (χ1) is 11.9. The lowest BCUT2D eigenvalue weighted by atomic mass is 9.96. The number of nitrogens with one attached hydrogen (secondary N) is 3. The number of halogens is 1. The largest absolute Gasteiger partial charge is 0.376 e. The molecule has 0 aliphatic carbocycles. The van der Waals surface area contributed by atoms with Crippen LogP contribution in [0.2, 0.25) is 0 Å². The molecule has 1 aliphatic rings. The average Bonchev–Trinajstić information content (AvgIpc) is 3.08. The number of hydrogen-bond acceptors (Lipinski definition) is 4. The van der Waals surface area contributed by atoms with Gasteiger partial charge in [-0.05, 0) is 50.5 Å². The maximum Gasteiger partial charge on any atom is 0.319 e. The van der Waals surface area contributed by atoms with Crippen molar-refractivity contribution in [2.75, 3.05) is 23.8 Å². The van der Waals surface area contributed by atoms with E-state index in [1.165, 1.54) is 0 Å². The highest BCUT2D eigenvalue weighted by atomic mass is 35.5. The van der Waals surface area contributed by atoms with E-state index in [9.17, 15) is 9.59 Å². The Hall–Kier alpha value is -1.83. The molecule has 0 aromatic heterocycles. The van der Waals surface area contributed by atoms with E-state index in [0.29, 0.717) is 24.3 Å². The zero-order valence-corrected chi connectivity index (χ0v) is 16.2. The van der Waals surface area contributed by atoms with E-state index < -0.39 is 5.54 Å². The Balaban J connectivity index is 0.00000338. The molecular formula is C18H29ClN4O3. The minimum Gasteiger partial charge on any atom is -0.376 e. The molecule has 0 saturated carbocycles. The molecule has 0 bridgehead atoms. The van der Waals surface area contributed by atoms with E-state index in [1.807, 2.05) is 6.92 Å². The predicted octanol–water partition coefficient (Wildman–Crippen LogP) is 2.86. The molecule has 26 heavy (non-hydrogen) atoms. The summed E-state index contributed by atoms with van der Waals surface area (Å²) in [5.41, 5.74) is 6.40. The van der Waals surface area contributed by atoms with E-state index in [1.54, 1.807) is 31.2 Å². The second-order valence-corrected chi connectivity index (χ2v) is 6.67. The van der Waals surface area contributed by atoms with Gasteiger partial charge in [-0.25, -0.2) is 4.79 Å². The lowest BCUT2D eigenvalue weighted by molar-refractivity contribution is -0.120. The molecule has 7 nitrogen and oxygen atoms in total. The highest BCUT2D eigenvalue weighted by Crippen LogP contribution is 2.17. The molecule has 0 radical (unpaired) electrons. The molecule has 1 aromatic rings. The lowest BCUT2D eigenvalue weighted by Crippen LogP contribution is -2.48. The molecule has 5 N–H and O–H groups in total. The van der Waals surface area contributed by atoms with E-state index in [-0.39, 0.29) is 30.4 Å². The summed E-state index contributed by atoms with van der Waals surface area (Å²) in [6.45, 7) is 4.98. The number of amides is 3. The van der Waals surface area contributed by atoms with Crippen molar-refractivity contribution in [3.63, 3.8) is 0 Å². The van der Waals surface area contributed by atoms with Crippen LogP contribution in [-0.2, 0) is 9.53 Å². The van der Waals surface area contributed by atoms with Crippen LogP contribution in [-0.4, -0.2) is 36.7 Å². The summed E-state index contributed by atoms with van der Waals surface area (Å²) in [4.78, 5) is 24.0. The summed E-state index contributed by atoms with van der Waals surface area (Å²) < 4.78 is 5.46. The third-order valence-corrected chi connectivity index (χ3v) is 4.20. The van der Waals surface area contributed by atoms with Gasteiger partial charge in [-0.2, -0.15) is 0 Å². The molecule has 2 unspecified atom stereocenters. The Morgan fingerprint density at radius 3 is 2.38 bits per heavy atom. The van der Waals surface area contributed by atoms with Gasteiger partial charge in [0.15, 0.2) is 0 Å². The van der Waals surface area contributed by atoms with Crippen LogP contribution in [0.5, 0.6) is 0 Å². The van der Waals surface area contributed by atoms with Crippen molar-refractivity contribution in [3.05, 3.63) is 24.3 Å². The SMILES string of the molecule is CCCC(C)(N)C(=O)Nc1ccc(NC(=O)NCC2CCCO2)cc1.Cl. The number of ether oxygens (including phenoxy) is 1. The first-order valence-electron chi connectivity index (χ1n) is 8.77. The van der Waals surface area contributed by atoms with Crippen molar-refractivity contribution in [3.8, 4) is 0 Å². The van der Waals surface area contributed by atoms with Gasteiger partial charge in [0.2, 0.25) is 5.91 Å². The summed E-state index contributed by atoms with van der Waals surface area (Å²) in [6, 6.07) is 6.65. The van der Waals surface area contributed by atoms with Crippen molar-refractivity contribution in [2.45, 2.75) is 51.2 Å². The van der Waals surface area contributed by atoms with E-state index in [2.05, 4.69) is 16.0 Å².